The van der Waals surface area contributed by atoms with Crippen molar-refractivity contribution in [2.24, 2.45) is 0 Å². The lowest BCUT2D eigenvalue weighted by Crippen LogP contribution is -1.98. The van der Waals surface area contributed by atoms with E-state index in [0.29, 0.717) is 33.6 Å². The molecule has 4 nitrogen and oxygen atoms in total. The first-order valence-corrected chi connectivity index (χ1v) is 11.4. The summed E-state index contributed by atoms with van der Waals surface area (Å²) in [5, 5.41) is 1.21. The van der Waals surface area contributed by atoms with Gasteiger partial charge in [-0.3, -0.25) is 4.57 Å². The average molecular weight is 455 g/mol. The Bertz CT molecular complexity index is 1850. The number of aromatic nitrogens is 3. The maximum atomic E-state index is 15.0. The Balaban J connectivity index is 1.56. The van der Waals surface area contributed by atoms with Crippen LogP contribution in [0.3, 0.4) is 0 Å². The third kappa shape index (κ3) is 3.05. The first-order valence-electron chi connectivity index (χ1n) is 11.4. The van der Waals surface area contributed by atoms with E-state index in [1.54, 1.807) is 6.07 Å². The zero-order valence-corrected chi connectivity index (χ0v) is 18.5. The van der Waals surface area contributed by atoms with Crippen LogP contribution < -0.4 is 0 Å². The number of fused-ring (bicyclic) bond motifs is 4. The van der Waals surface area contributed by atoms with E-state index in [2.05, 4.69) is 4.57 Å². The predicted octanol–water partition coefficient (Wildman–Crippen LogP) is 7.79. The van der Waals surface area contributed by atoms with E-state index in [4.69, 9.17) is 14.4 Å². The van der Waals surface area contributed by atoms with Gasteiger partial charge >= 0.3 is 0 Å². The summed E-state index contributed by atoms with van der Waals surface area (Å²) in [6, 6.07) is 34.8. The highest BCUT2D eigenvalue weighted by Crippen LogP contribution is 2.39. The minimum Gasteiger partial charge on any atom is -0.455 e. The molecule has 0 N–H and O–H groups in total. The summed E-state index contributed by atoms with van der Waals surface area (Å²) in [6.07, 6.45) is 0. The molecule has 3 aromatic heterocycles. The molecule has 0 aliphatic carbocycles. The van der Waals surface area contributed by atoms with Crippen LogP contribution in [-0.2, 0) is 0 Å². The highest BCUT2D eigenvalue weighted by molar-refractivity contribution is 6.09. The molecule has 0 bridgehead atoms. The van der Waals surface area contributed by atoms with Gasteiger partial charge < -0.3 is 4.42 Å². The van der Waals surface area contributed by atoms with Crippen molar-refractivity contribution in [3.63, 3.8) is 0 Å². The second-order valence-corrected chi connectivity index (χ2v) is 8.41. The number of nitrogens with zero attached hydrogens (tertiary/aromatic N) is 3. The van der Waals surface area contributed by atoms with E-state index in [1.165, 1.54) is 6.07 Å². The number of hydrogen-bond acceptors (Lipinski definition) is 3. The maximum absolute atomic E-state index is 15.0. The highest BCUT2D eigenvalue weighted by Gasteiger charge is 2.22. The number of furan rings is 1. The van der Waals surface area contributed by atoms with Gasteiger partial charge in [0, 0.05) is 16.6 Å². The number of pyridine rings is 1. The van der Waals surface area contributed by atoms with E-state index in [-0.39, 0.29) is 5.82 Å². The second-order valence-electron chi connectivity index (χ2n) is 8.41. The van der Waals surface area contributed by atoms with Crippen molar-refractivity contribution in [2.45, 2.75) is 0 Å². The Morgan fingerprint density at radius 3 is 2.26 bits per heavy atom. The maximum Gasteiger partial charge on any atom is 0.179 e. The van der Waals surface area contributed by atoms with E-state index in [0.717, 1.165) is 27.8 Å². The summed E-state index contributed by atoms with van der Waals surface area (Å²) in [6.45, 7) is 0. The molecule has 7 rings (SSSR count). The van der Waals surface area contributed by atoms with Crippen molar-refractivity contribution >= 4 is 33.1 Å². The Labute approximate surface area is 199 Å². The molecule has 0 spiro atoms. The molecule has 0 saturated carbocycles. The van der Waals surface area contributed by atoms with Gasteiger partial charge in [-0.25, -0.2) is 14.4 Å². The summed E-state index contributed by atoms with van der Waals surface area (Å²) in [5.74, 6) is 0.327. The van der Waals surface area contributed by atoms with E-state index >= 15 is 4.39 Å². The lowest BCUT2D eigenvalue weighted by molar-refractivity contribution is 0.634. The van der Waals surface area contributed by atoms with Crippen LogP contribution in [-0.4, -0.2) is 14.5 Å². The fraction of sp³-hybridized carbons (Fsp3) is 0. The van der Waals surface area contributed by atoms with Crippen LogP contribution in [0.1, 0.15) is 0 Å². The average Bonchev–Trinajstić information content (AvgIpc) is 3.49. The molecular formula is C30H18FN3O. The number of hydrogen-bond donors (Lipinski definition) is 0. The SMILES string of the molecule is Fc1ccc(-c2nc3nc(-c4ccccc4)ccc3n2-c2ccccc2)c2oc3ccccc3c12. The molecule has 0 atom stereocenters. The topological polar surface area (TPSA) is 43.9 Å². The quantitative estimate of drug-likeness (QED) is 0.273. The minimum atomic E-state index is -0.319. The van der Waals surface area contributed by atoms with Gasteiger partial charge in [-0.05, 0) is 42.5 Å². The molecule has 0 unspecified atom stereocenters. The Morgan fingerprint density at radius 1 is 0.686 bits per heavy atom. The molecule has 166 valence electrons. The third-order valence-corrected chi connectivity index (χ3v) is 6.32. The number of rotatable bonds is 3. The Kier molecular flexibility index (Phi) is 4.29. The second kappa shape index (κ2) is 7.64. The first kappa shape index (κ1) is 19.7. The van der Waals surface area contributed by atoms with E-state index < -0.39 is 0 Å². The van der Waals surface area contributed by atoms with Crippen molar-refractivity contribution < 1.29 is 8.81 Å². The van der Waals surface area contributed by atoms with Crippen LogP contribution in [0.15, 0.2) is 114 Å². The zero-order valence-electron chi connectivity index (χ0n) is 18.5. The molecule has 0 saturated heterocycles. The fourth-order valence-electron chi connectivity index (χ4n) is 4.71. The monoisotopic (exact) mass is 455 g/mol. The van der Waals surface area contributed by atoms with Crippen LogP contribution in [0.4, 0.5) is 4.39 Å². The summed E-state index contributed by atoms with van der Waals surface area (Å²) < 4.78 is 23.3. The fourth-order valence-corrected chi connectivity index (χ4v) is 4.71. The van der Waals surface area contributed by atoms with Crippen molar-refractivity contribution in [3.8, 4) is 28.3 Å². The molecule has 4 aromatic carbocycles. The van der Waals surface area contributed by atoms with Gasteiger partial charge in [0.25, 0.3) is 0 Å². The van der Waals surface area contributed by atoms with Crippen LogP contribution in [0.25, 0.3) is 61.4 Å². The van der Waals surface area contributed by atoms with Crippen molar-refractivity contribution in [3.05, 3.63) is 115 Å². The normalized spacial score (nSPS) is 11.6. The predicted molar refractivity (Wildman–Crippen MR) is 137 cm³/mol. The van der Waals surface area contributed by atoms with Gasteiger partial charge in [0.05, 0.1) is 22.2 Å². The van der Waals surface area contributed by atoms with Gasteiger partial charge in [0.1, 0.15) is 17.0 Å². The van der Waals surface area contributed by atoms with Gasteiger partial charge in [0.2, 0.25) is 0 Å². The third-order valence-electron chi connectivity index (χ3n) is 6.32. The summed E-state index contributed by atoms with van der Waals surface area (Å²) in [5.41, 5.74) is 6.09. The van der Waals surface area contributed by atoms with Gasteiger partial charge in [-0.2, -0.15) is 0 Å². The largest absolute Gasteiger partial charge is 0.455 e. The number of para-hydroxylation sites is 2. The van der Waals surface area contributed by atoms with Crippen LogP contribution in [0.5, 0.6) is 0 Å². The van der Waals surface area contributed by atoms with Gasteiger partial charge in [-0.1, -0.05) is 66.7 Å². The molecule has 35 heavy (non-hydrogen) atoms. The lowest BCUT2D eigenvalue weighted by Gasteiger charge is -2.10. The number of imidazole rings is 1. The number of benzene rings is 4. The van der Waals surface area contributed by atoms with Crippen molar-refractivity contribution in [1.82, 2.24) is 14.5 Å². The number of halogens is 1. The Hall–Kier alpha value is -4.77. The Morgan fingerprint density at radius 2 is 1.43 bits per heavy atom. The highest BCUT2D eigenvalue weighted by atomic mass is 19.1. The molecule has 0 aliphatic heterocycles. The standard InChI is InChI=1S/C30H18FN3O/c31-23-16-15-22(28-27(23)21-13-7-8-14-26(21)35-28)30-33-29-25(34(30)20-11-5-2-6-12-20)18-17-24(32-29)19-9-3-1-4-10-19/h1-18H. The van der Waals surface area contributed by atoms with Gasteiger partial charge in [0.15, 0.2) is 11.5 Å². The summed E-state index contributed by atoms with van der Waals surface area (Å²) in [7, 11) is 0. The molecule has 0 radical (unpaired) electrons. The minimum absolute atomic E-state index is 0.319. The van der Waals surface area contributed by atoms with Gasteiger partial charge in [-0.15, -0.1) is 0 Å². The smallest absolute Gasteiger partial charge is 0.179 e. The van der Waals surface area contributed by atoms with Crippen LogP contribution in [0, 0.1) is 5.82 Å². The lowest BCUT2D eigenvalue weighted by atomic mass is 10.1. The zero-order chi connectivity index (χ0) is 23.4. The van der Waals surface area contributed by atoms with Crippen molar-refractivity contribution in [2.75, 3.05) is 0 Å². The van der Waals surface area contributed by atoms with Crippen molar-refractivity contribution in [1.29, 1.82) is 0 Å². The molecule has 0 fully saturated rings. The molecule has 7 aromatic rings. The molecular weight excluding hydrogens is 437 g/mol. The van der Waals surface area contributed by atoms with E-state index in [1.807, 2.05) is 97.1 Å². The molecule has 3 heterocycles. The first-order chi connectivity index (χ1) is 17.3. The van der Waals surface area contributed by atoms with E-state index in [9.17, 15) is 0 Å². The summed E-state index contributed by atoms with van der Waals surface area (Å²) >= 11 is 0. The summed E-state index contributed by atoms with van der Waals surface area (Å²) in [4.78, 5) is 9.85. The van der Waals surface area contributed by atoms with Crippen LogP contribution >= 0.6 is 0 Å². The molecule has 5 heteroatoms. The molecule has 0 amide bonds. The van der Waals surface area contributed by atoms with Crippen LogP contribution in [0.2, 0.25) is 0 Å². The molecule has 0 aliphatic rings.